The maximum Gasteiger partial charge on any atom is 0.334 e. The van der Waals surface area contributed by atoms with E-state index in [0.717, 1.165) is 36.0 Å². The zero-order valence-corrected chi connectivity index (χ0v) is 17.4. The summed E-state index contributed by atoms with van der Waals surface area (Å²) in [7, 11) is 0. The van der Waals surface area contributed by atoms with Gasteiger partial charge < -0.3 is 15.5 Å². The summed E-state index contributed by atoms with van der Waals surface area (Å²) < 4.78 is 41.7. The third-order valence-corrected chi connectivity index (χ3v) is 5.59. The third-order valence-electron chi connectivity index (χ3n) is 5.59. The second-order valence-electron chi connectivity index (χ2n) is 7.75. The van der Waals surface area contributed by atoms with Crippen LogP contribution in [-0.2, 0) is 11.3 Å². The molecule has 3 rings (SSSR count). The number of carboxylic acid groups (broad SMARTS) is 1. The topological polar surface area (TPSA) is 131 Å². The van der Waals surface area contributed by atoms with Crippen LogP contribution in [-0.4, -0.2) is 37.8 Å². The minimum atomic E-state index is -3.09. The number of aromatic hydroxyl groups is 1. The molecule has 3 N–H and O–H groups in total. The fourth-order valence-corrected chi connectivity index (χ4v) is 3.99. The van der Waals surface area contributed by atoms with E-state index < -0.39 is 71.5 Å². The molecule has 1 aromatic heterocycles. The lowest BCUT2D eigenvalue weighted by Crippen LogP contribution is -2.46. The van der Waals surface area contributed by atoms with Gasteiger partial charge in [-0.05, 0) is 30.5 Å². The van der Waals surface area contributed by atoms with Crippen molar-refractivity contribution >= 4 is 11.9 Å². The Morgan fingerprint density at radius 1 is 1.15 bits per heavy atom. The summed E-state index contributed by atoms with van der Waals surface area (Å²) >= 11 is 0. The Labute approximate surface area is 185 Å². The molecule has 2 aromatic rings. The van der Waals surface area contributed by atoms with Crippen molar-refractivity contribution in [3.05, 3.63) is 61.5 Å². The first-order chi connectivity index (χ1) is 15.6. The highest BCUT2D eigenvalue weighted by Crippen LogP contribution is 2.30. The zero-order chi connectivity index (χ0) is 24.3. The van der Waals surface area contributed by atoms with Crippen LogP contribution in [0.5, 0.6) is 5.88 Å². The lowest BCUT2D eigenvalue weighted by atomic mass is 9.95. The van der Waals surface area contributed by atoms with Crippen molar-refractivity contribution < 1.29 is 33.0 Å². The SMILES string of the molecule is O=C(O)CNC(=O)c1c(O)n(C2CCCCC2)c(=O)n(Cc2ccc(F)cc2C(F)F)c1=O. The number of hydrogen-bond donors (Lipinski definition) is 3. The molecule has 1 aliphatic carbocycles. The van der Waals surface area contributed by atoms with Crippen LogP contribution in [0.4, 0.5) is 13.2 Å². The van der Waals surface area contributed by atoms with Crippen molar-refractivity contribution in [1.29, 1.82) is 0 Å². The van der Waals surface area contributed by atoms with E-state index in [0.29, 0.717) is 23.5 Å². The Kier molecular flexibility index (Phi) is 7.24. The third kappa shape index (κ3) is 5.10. The first-order valence-electron chi connectivity index (χ1n) is 10.3. The highest BCUT2D eigenvalue weighted by atomic mass is 19.3. The van der Waals surface area contributed by atoms with Crippen LogP contribution in [0.2, 0.25) is 0 Å². The number of rotatable bonds is 7. The normalized spacial score (nSPS) is 14.4. The fourth-order valence-electron chi connectivity index (χ4n) is 3.99. The Balaban J connectivity index is 2.20. The summed E-state index contributed by atoms with van der Waals surface area (Å²) in [6.45, 7) is -1.56. The Bertz CT molecular complexity index is 1180. The van der Waals surface area contributed by atoms with Crippen LogP contribution in [0, 0.1) is 5.82 Å². The van der Waals surface area contributed by atoms with E-state index in [1.165, 1.54) is 0 Å². The van der Waals surface area contributed by atoms with Crippen molar-refractivity contribution in [2.75, 3.05) is 6.54 Å². The number of hydrogen-bond acceptors (Lipinski definition) is 5. The van der Waals surface area contributed by atoms with Crippen LogP contribution in [0.3, 0.4) is 0 Å². The molecule has 0 bridgehead atoms. The second kappa shape index (κ2) is 9.92. The molecular formula is C21H22F3N3O6. The second-order valence-corrected chi connectivity index (χ2v) is 7.75. The van der Waals surface area contributed by atoms with Gasteiger partial charge in [-0.2, -0.15) is 0 Å². The van der Waals surface area contributed by atoms with Gasteiger partial charge in [0.25, 0.3) is 17.9 Å². The van der Waals surface area contributed by atoms with E-state index in [1.54, 1.807) is 0 Å². The summed E-state index contributed by atoms with van der Waals surface area (Å²) in [4.78, 5) is 49.5. The molecule has 1 aliphatic rings. The average molecular weight is 469 g/mol. The number of amides is 1. The van der Waals surface area contributed by atoms with Crippen LogP contribution in [0.25, 0.3) is 0 Å². The summed E-state index contributed by atoms with van der Waals surface area (Å²) in [6, 6.07) is 1.94. The fraction of sp³-hybridized carbons (Fsp3) is 0.429. The van der Waals surface area contributed by atoms with Crippen molar-refractivity contribution in [2.45, 2.75) is 51.1 Å². The molecule has 178 valence electrons. The van der Waals surface area contributed by atoms with Crippen LogP contribution >= 0.6 is 0 Å². The predicted molar refractivity (Wildman–Crippen MR) is 109 cm³/mol. The predicted octanol–water partition coefficient (Wildman–Crippen LogP) is 2.16. The minimum Gasteiger partial charge on any atom is -0.494 e. The molecule has 0 saturated heterocycles. The molecule has 12 heteroatoms. The number of carboxylic acids is 1. The minimum absolute atomic E-state index is 0.219. The first kappa shape index (κ1) is 24.1. The number of benzene rings is 1. The molecule has 0 unspecified atom stereocenters. The van der Waals surface area contributed by atoms with Crippen LogP contribution < -0.4 is 16.6 Å². The maximum atomic E-state index is 13.5. The number of carbonyl (C=O) groups is 2. The van der Waals surface area contributed by atoms with E-state index in [4.69, 9.17) is 5.11 Å². The van der Waals surface area contributed by atoms with Crippen LogP contribution in [0.1, 0.15) is 66.1 Å². The summed E-state index contributed by atoms with van der Waals surface area (Å²) in [6.07, 6.45) is 0.196. The van der Waals surface area contributed by atoms with Gasteiger partial charge in [0.1, 0.15) is 12.4 Å². The molecule has 1 saturated carbocycles. The molecule has 0 aliphatic heterocycles. The summed E-state index contributed by atoms with van der Waals surface area (Å²) in [5.74, 6) is -4.48. The molecule has 33 heavy (non-hydrogen) atoms. The smallest absolute Gasteiger partial charge is 0.334 e. The molecule has 1 amide bonds. The van der Waals surface area contributed by atoms with Gasteiger partial charge >= 0.3 is 11.7 Å². The van der Waals surface area contributed by atoms with E-state index in [1.807, 2.05) is 5.32 Å². The van der Waals surface area contributed by atoms with Gasteiger partial charge in [0.05, 0.1) is 6.54 Å². The number of nitrogens with zero attached hydrogens (tertiary/aromatic N) is 2. The van der Waals surface area contributed by atoms with Crippen molar-refractivity contribution in [3.63, 3.8) is 0 Å². The molecule has 0 spiro atoms. The van der Waals surface area contributed by atoms with Gasteiger partial charge in [-0.25, -0.2) is 18.0 Å². The van der Waals surface area contributed by atoms with Gasteiger partial charge in [-0.3, -0.25) is 23.5 Å². The first-order valence-corrected chi connectivity index (χ1v) is 10.3. The Morgan fingerprint density at radius 2 is 1.82 bits per heavy atom. The van der Waals surface area contributed by atoms with Crippen molar-refractivity contribution in [2.24, 2.45) is 0 Å². The lowest BCUT2D eigenvalue weighted by Gasteiger charge is -2.26. The molecule has 0 atom stereocenters. The monoisotopic (exact) mass is 469 g/mol. The number of aliphatic carboxylic acids is 1. The van der Waals surface area contributed by atoms with Crippen LogP contribution in [0.15, 0.2) is 27.8 Å². The number of nitrogens with one attached hydrogen (secondary N) is 1. The average Bonchev–Trinajstić information content (AvgIpc) is 2.76. The highest BCUT2D eigenvalue weighted by Gasteiger charge is 2.29. The van der Waals surface area contributed by atoms with Gasteiger partial charge in [0.15, 0.2) is 5.56 Å². The van der Waals surface area contributed by atoms with Gasteiger partial charge in [-0.15, -0.1) is 0 Å². The largest absolute Gasteiger partial charge is 0.494 e. The molecule has 9 nitrogen and oxygen atoms in total. The van der Waals surface area contributed by atoms with E-state index in [-0.39, 0.29) is 5.56 Å². The Morgan fingerprint density at radius 3 is 2.42 bits per heavy atom. The number of aromatic nitrogens is 2. The maximum absolute atomic E-state index is 13.5. The zero-order valence-electron chi connectivity index (χ0n) is 17.4. The van der Waals surface area contributed by atoms with E-state index in [9.17, 15) is 37.5 Å². The Hall–Kier alpha value is -3.57. The molecule has 1 fully saturated rings. The summed E-state index contributed by atoms with van der Waals surface area (Å²) in [5.41, 5.74) is -4.11. The molecule has 0 radical (unpaired) electrons. The van der Waals surface area contributed by atoms with Crippen molar-refractivity contribution in [1.82, 2.24) is 14.5 Å². The highest BCUT2D eigenvalue weighted by molar-refractivity contribution is 5.97. The van der Waals surface area contributed by atoms with Crippen molar-refractivity contribution in [3.8, 4) is 5.88 Å². The van der Waals surface area contributed by atoms with E-state index in [2.05, 4.69) is 0 Å². The standard InChI is InChI=1S/C21H22F3N3O6/c22-12-7-6-11(14(8-12)17(23)24)10-26-19(31)16(18(30)25-9-15(28)29)20(32)27(21(26)33)13-4-2-1-3-5-13/h6-8,13,17,32H,1-5,9-10H2,(H,25,30)(H,28,29). The van der Waals surface area contributed by atoms with Gasteiger partial charge in [0, 0.05) is 11.6 Å². The lowest BCUT2D eigenvalue weighted by molar-refractivity contribution is -0.135. The molecular weight excluding hydrogens is 447 g/mol. The molecule has 1 heterocycles. The van der Waals surface area contributed by atoms with E-state index >= 15 is 0 Å². The van der Waals surface area contributed by atoms with Gasteiger partial charge in [0.2, 0.25) is 5.88 Å². The number of carbonyl (C=O) groups excluding carboxylic acids is 1. The number of halogens is 3. The molecule has 1 aromatic carbocycles. The van der Waals surface area contributed by atoms with Gasteiger partial charge in [-0.1, -0.05) is 25.3 Å². The quantitative estimate of drug-likeness (QED) is 0.570. The summed E-state index contributed by atoms with van der Waals surface area (Å²) in [5, 5.41) is 21.4. The number of alkyl halides is 2.